The highest BCUT2D eigenvalue weighted by atomic mass is 32.1. The summed E-state index contributed by atoms with van der Waals surface area (Å²) in [6.45, 7) is 2.56. The number of benzene rings is 2. The van der Waals surface area contributed by atoms with Crippen LogP contribution >= 0.6 is 11.3 Å². The SMILES string of the molecule is CNc1cc(O)c(O)cc1C=NCc1ccc(/C=C(\C(=O)O)N2C[C@H](NC(=O)/C(=N\OC(C)(C)C(=O)O)c3csc(N)n3)C2=O)cc1. The third-order valence-corrected chi connectivity index (χ3v) is 7.48. The van der Waals surface area contributed by atoms with Gasteiger partial charge in [0.1, 0.15) is 17.4 Å². The minimum Gasteiger partial charge on any atom is -0.504 e. The number of likely N-dealkylation sites (tertiary alicyclic amines) is 1. The highest BCUT2D eigenvalue weighted by molar-refractivity contribution is 7.13. The van der Waals surface area contributed by atoms with Crippen molar-refractivity contribution in [1.82, 2.24) is 15.2 Å². The fourth-order valence-corrected chi connectivity index (χ4v) is 4.62. The van der Waals surface area contributed by atoms with Gasteiger partial charge < -0.3 is 46.5 Å². The number of carbonyl (C=O) groups is 4. The number of nitrogens with zero attached hydrogens (tertiary/aromatic N) is 4. The van der Waals surface area contributed by atoms with Crippen LogP contribution in [0, 0.1) is 0 Å². The minimum atomic E-state index is -1.78. The number of β-lactam (4-membered cyclic amide) rings is 1. The van der Waals surface area contributed by atoms with E-state index in [2.05, 4.69) is 25.8 Å². The standard InChI is InChI=1S/C30H31N7O9S/c1-30(2,28(44)45)46-36-24(20-14-47-29(31)35-20)25(40)34-19-13-37(26(19)41)21(27(42)43)8-15-4-6-16(7-5-15)11-33-12-17-9-22(38)23(39)10-18(17)32-3/h4-10,12,14,19,32,38-39H,11,13H2,1-3H3,(H2,31,35)(H,34,40)(H,42,43)(H,44,45)/b21-8+,33-12?,36-24-/t19-/m0/s1. The Hall–Kier alpha value is -5.97. The van der Waals surface area contributed by atoms with Crippen LogP contribution in [0.25, 0.3) is 6.08 Å². The summed E-state index contributed by atoms with van der Waals surface area (Å²) in [6.07, 6.45) is 2.85. The molecule has 0 aliphatic carbocycles. The summed E-state index contributed by atoms with van der Waals surface area (Å²) < 4.78 is 0. The van der Waals surface area contributed by atoms with Gasteiger partial charge in [-0.25, -0.2) is 14.6 Å². The second kappa shape index (κ2) is 14.0. The monoisotopic (exact) mass is 665 g/mol. The van der Waals surface area contributed by atoms with Crippen LogP contribution in [0.3, 0.4) is 0 Å². The van der Waals surface area contributed by atoms with E-state index in [1.165, 1.54) is 43.7 Å². The average molecular weight is 666 g/mol. The van der Waals surface area contributed by atoms with Crippen molar-refractivity contribution < 1.29 is 44.4 Å². The molecule has 0 unspecified atom stereocenters. The molecule has 1 aliphatic rings. The molecule has 1 aromatic heterocycles. The van der Waals surface area contributed by atoms with E-state index in [1.807, 2.05) is 0 Å². The first kappa shape index (κ1) is 33.9. The van der Waals surface area contributed by atoms with Crippen molar-refractivity contribution in [2.24, 2.45) is 10.1 Å². The summed E-state index contributed by atoms with van der Waals surface area (Å²) >= 11 is 1.00. The number of oxime groups is 1. The molecule has 2 aromatic carbocycles. The zero-order valence-corrected chi connectivity index (χ0v) is 26.1. The number of nitrogen functional groups attached to an aromatic ring is 1. The van der Waals surface area contributed by atoms with Crippen LogP contribution in [0.4, 0.5) is 10.8 Å². The van der Waals surface area contributed by atoms with Crippen LogP contribution in [0.2, 0.25) is 0 Å². The van der Waals surface area contributed by atoms with Crippen molar-refractivity contribution in [3.05, 3.63) is 69.9 Å². The largest absolute Gasteiger partial charge is 0.504 e. The number of aromatic hydroxyl groups is 2. The van der Waals surface area contributed by atoms with Crippen LogP contribution in [-0.2, 0) is 30.6 Å². The number of carbonyl (C=O) groups excluding carboxylic acids is 2. The number of nitrogens with two attached hydrogens (primary N) is 1. The molecule has 1 atom stereocenters. The first-order valence-corrected chi connectivity index (χ1v) is 14.7. The number of carboxylic acids is 2. The van der Waals surface area contributed by atoms with E-state index in [0.717, 1.165) is 21.8 Å². The molecule has 0 saturated carbocycles. The van der Waals surface area contributed by atoms with Gasteiger partial charge in [-0.05, 0) is 37.1 Å². The first-order chi connectivity index (χ1) is 22.2. The van der Waals surface area contributed by atoms with E-state index in [9.17, 15) is 39.6 Å². The van der Waals surface area contributed by atoms with Gasteiger partial charge in [0.25, 0.3) is 11.8 Å². The quantitative estimate of drug-likeness (QED) is 0.0345. The van der Waals surface area contributed by atoms with Gasteiger partial charge in [-0.3, -0.25) is 14.6 Å². The van der Waals surface area contributed by atoms with Crippen molar-refractivity contribution in [1.29, 1.82) is 0 Å². The molecule has 16 nitrogen and oxygen atoms in total. The third kappa shape index (κ3) is 8.01. The highest BCUT2D eigenvalue weighted by Crippen LogP contribution is 2.30. The Morgan fingerprint density at radius 3 is 2.43 bits per heavy atom. The molecule has 2 heterocycles. The number of carboxylic acid groups (broad SMARTS) is 2. The molecule has 47 heavy (non-hydrogen) atoms. The molecule has 3 aromatic rings. The number of thiazole rings is 1. The predicted octanol–water partition coefficient (Wildman–Crippen LogP) is 1.83. The van der Waals surface area contributed by atoms with Gasteiger partial charge in [-0.2, -0.15) is 0 Å². The van der Waals surface area contributed by atoms with Crippen molar-refractivity contribution >= 4 is 63.9 Å². The lowest BCUT2D eigenvalue weighted by atomic mass is 10.0. The molecule has 17 heteroatoms. The van der Waals surface area contributed by atoms with Gasteiger partial charge in [-0.1, -0.05) is 29.4 Å². The molecule has 1 fully saturated rings. The maximum atomic E-state index is 13.1. The minimum absolute atomic E-state index is 0.00237. The Labute approximate surface area is 271 Å². The van der Waals surface area contributed by atoms with Crippen LogP contribution in [0.15, 0.2) is 57.6 Å². The lowest BCUT2D eigenvalue weighted by molar-refractivity contribution is -0.161. The normalized spacial score (nSPS) is 15.3. The molecule has 4 rings (SSSR count). The van der Waals surface area contributed by atoms with Crippen LogP contribution in [-0.4, -0.2) is 91.2 Å². The molecular weight excluding hydrogens is 634 g/mol. The number of aromatic nitrogens is 1. The van der Waals surface area contributed by atoms with Crippen LogP contribution < -0.4 is 16.4 Å². The third-order valence-electron chi connectivity index (χ3n) is 6.81. The van der Waals surface area contributed by atoms with E-state index >= 15 is 0 Å². The Morgan fingerprint density at radius 2 is 1.85 bits per heavy atom. The summed E-state index contributed by atoms with van der Waals surface area (Å²) in [4.78, 5) is 63.9. The molecule has 1 saturated heterocycles. The predicted molar refractivity (Wildman–Crippen MR) is 172 cm³/mol. The Balaban J connectivity index is 1.42. The number of hydrogen-bond donors (Lipinski definition) is 7. The van der Waals surface area contributed by atoms with Crippen molar-refractivity contribution in [3.8, 4) is 11.5 Å². The fraction of sp³-hybridized carbons (Fsp3) is 0.233. The number of nitrogens with one attached hydrogen (secondary N) is 2. The van der Waals surface area contributed by atoms with E-state index in [-0.39, 0.29) is 41.1 Å². The second-order valence-electron chi connectivity index (χ2n) is 10.6. The number of hydrogen-bond acceptors (Lipinski definition) is 13. The lowest BCUT2D eigenvalue weighted by Gasteiger charge is -2.38. The van der Waals surface area contributed by atoms with E-state index in [1.54, 1.807) is 31.3 Å². The summed E-state index contributed by atoms with van der Waals surface area (Å²) in [5, 5.41) is 49.1. The van der Waals surface area contributed by atoms with Crippen molar-refractivity contribution in [3.63, 3.8) is 0 Å². The van der Waals surface area contributed by atoms with Gasteiger partial charge in [0.2, 0.25) is 5.60 Å². The lowest BCUT2D eigenvalue weighted by Crippen LogP contribution is -2.64. The fourth-order valence-electron chi connectivity index (χ4n) is 4.08. The Bertz CT molecular complexity index is 1800. The van der Waals surface area contributed by atoms with Crippen molar-refractivity contribution in [2.75, 3.05) is 24.6 Å². The van der Waals surface area contributed by atoms with Crippen molar-refractivity contribution in [2.45, 2.75) is 32.0 Å². The number of rotatable bonds is 13. The molecule has 2 amide bonds. The Morgan fingerprint density at radius 1 is 1.17 bits per heavy atom. The molecule has 1 aliphatic heterocycles. The molecule has 0 bridgehead atoms. The number of phenolic OH excluding ortho intramolecular Hbond substituents is 2. The van der Waals surface area contributed by atoms with Gasteiger partial charge in [0, 0.05) is 36.0 Å². The number of amides is 2. The number of aliphatic imine (C=N–C) groups is 1. The number of aliphatic carboxylic acids is 2. The maximum Gasteiger partial charge on any atom is 0.352 e. The maximum absolute atomic E-state index is 13.1. The number of phenols is 2. The first-order valence-electron chi connectivity index (χ1n) is 13.8. The summed E-state index contributed by atoms with van der Waals surface area (Å²) in [5.41, 5.74) is 5.57. The van der Waals surface area contributed by atoms with Crippen LogP contribution in [0.1, 0.15) is 36.2 Å². The molecule has 0 spiro atoms. The van der Waals surface area contributed by atoms with Gasteiger partial charge in [0.15, 0.2) is 22.3 Å². The summed E-state index contributed by atoms with van der Waals surface area (Å²) in [5.74, 6) is -4.84. The Kier molecular flexibility index (Phi) is 10.1. The molecular formula is C30H31N7O9S. The van der Waals surface area contributed by atoms with Gasteiger partial charge in [-0.15, -0.1) is 11.3 Å². The summed E-state index contributed by atoms with van der Waals surface area (Å²) in [7, 11) is 1.67. The van der Waals surface area contributed by atoms with Gasteiger partial charge in [0.05, 0.1) is 13.1 Å². The van der Waals surface area contributed by atoms with E-state index in [0.29, 0.717) is 16.8 Å². The van der Waals surface area contributed by atoms with Gasteiger partial charge >= 0.3 is 11.9 Å². The highest BCUT2D eigenvalue weighted by Gasteiger charge is 2.42. The average Bonchev–Trinajstić information content (AvgIpc) is 3.45. The zero-order valence-electron chi connectivity index (χ0n) is 25.3. The topological polar surface area (TPSA) is 249 Å². The molecule has 8 N–H and O–H groups in total. The second-order valence-corrected chi connectivity index (χ2v) is 11.5. The smallest absolute Gasteiger partial charge is 0.352 e. The number of anilines is 2. The van der Waals surface area contributed by atoms with E-state index < -0.39 is 41.1 Å². The van der Waals surface area contributed by atoms with E-state index in [4.69, 9.17) is 10.6 Å². The zero-order chi connectivity index (χ0) is 34.5. The summed E-state index contributed by atoms with van der Waals surface area (Å²) in [6, 6.07) is 8.43. The molecule has 246 valence electrons. The van der Waals surface area contributed by atoms with Crippen LogP contribution in [0.5, 0.6) is 11.5 Å². The molecule has 0 radical (unpaired) electrons.